The standard InChI is InChI=1S/C45H54N4O12/c1-20-10-9-11-21(2)44(57)48-35-40(55)31-30(34-42(35)60-29-19-26(18-27(50)33(29)47-34)49-15-13-46-14-16-49)32-41(25(6)39(31)54)61-45(7,43(32)56)59-17-12-28(58-8)22(3)37(52)24(5)38(53)23(4)36(20)51/h9-12,17-20,22-24,28,36-38,46,51-54,56H,13-16H2,1-8H3,(H,48,57)/b10-9+,17-12+,21-11-/t20-,22+,23+,24-,28-,36-,37+,38+,45-/m0/s1. The third kappa shape index (κ3) is 7.60. The number of aliphatic hydroxyl groups excluding tert-OH is 4. The van der Waals surface area contributed by atoms with Gasteiger partial charge in [0.1, 0.15) is 22.7 Å². The molecule has 3 aromatic carbocycles. The lowest BCUT2D eigenvalue weighted by Crippen LogP contribution is -2.44. The van der Waals surface area contributed by atoms with Crippen LogP contribution in [0.3, 0.4) is 0 Å². The average molecular weight is 843 g/mol. The van der Waals surface area contributed by atoms with Gasteiger partial charge in [-0.25, -0.2) is 4.98 Å². The monoisotopic (exact) mass is 842 g/mol. The molecule has 7 rings (SSSR count). The Labute approximate surface area is 351 Å². The number of aromatic nitrogens is 1. The van der Waals surface area contributed by atoms with Crippen LogP contribution in [-0.4, -0.2) is 99.9 Å². The summed E-state index contributed by atoms with van der Waals surface area (Å²) >= 11 is 0. The van der Waals surface area contributed by atoms with Crippen molar-refractivity contribution in [2.45, 2.75) is 78.7 Å². The predicted octanol–water partition coefficient (Wildman–Crippen LogP) is 3.40. The molecule has 1 fully saturated rings. The lowest BCUT2D eigenvalue weighted by molar-refractivity contribution is -0.112. The van der Waals surface area contributed by atoms with E-state index in [9.17, 15) is 39.9 Å². The number of fused-ring (bicyclic) bond motifs is 2. The van der Waals surface area contributed by atoms with Crippen LogP contribution in [0.4, 0.5) is 11.4 Å². The second-order valence-corrected chi connectivity index (χ2v) is 16.7. The van der Waals surface area contributed by atoms with Crippen LogP contribution in [0, 0.1) is 30.6 Å². The van der Waals surface area contributed by atoms with Gasteiger partial charge in [0.25, 0.3) is 5.91 Å². The molecule has 0 aliphatic carbocycles. The first-order valence-electron chi connectivity index (χ1n) is 20.5. The highest BCUT2D eigenvalue weighted by molar-refractivity contribution is 6.16. The number of nitrogens with one attached hydrogen (secondary N) is 2. The molecule has 0 spiro atoms. The predicted molar refractivity (Wildman–Crippen MR) is 231 cm³/mol. The zero-order valence-corrected chi connectivity index (χ0v) is 35.5. The number of phenolic OH excluding ortho intramolecular Hbond substituents is 1. The number of benzene rings is 3. The molecular formula is C45H54N4O12. The molecule has 16 heteroatoms. The van der Waals surface area contributed by atoms with E-state index in [-0.39, 0.29) is 60.8 Å². The molecule has 1 amide bonds. The maximum atomic E-state index is 14.7. The van der Waals surface area contributed by atoms with Gasteiger partial charge in [0.15, 0.2) is 22.4 Å². The van der Waals surface area contributed by atoms with E-state index in [0.29, 0.717) is 31.9 Å². The Morgan fingerprint density at radius 2 is 1.57 bits per heavy atom. The van der Waals surface area contributed by atoms with Crippen molar-refractivity contribution in [3.8, 4) is 11.5 Å². The summed E-state index contributed by atoms with van der Waals surface area (Å²) in [6.07, 6.45) is 3.47. The van der Waals surface area contributed by atoms with Crippen LogP contribution in [0.5, 0.6) is 11.5 Å². The Morgan fingerprint density at radius 1 is 0.902 bits per heavy atom. The smallest absolute Gasteiger partial charge is 0.307 e. The second kappa shape index (κ2) is 16.7. The molecule has 7 N–H and O–H groups in total. The maximum Gasteiger partial charge on any atom is 0.307 e. The number of aromatic hydroxyl groups is 1. The van der Waals surface area contributed by atoms with E-state index in [1.165, 1.54) is 52.4 Å². The molecule has 1 saturated heterocycles. The number of carbonyl (C=O) groups excluding carboxylic acids is 1. The Kier molecular flexibility index (Phi) is 12.0. The lowest BCUT2D eigenvalue weighted by Gasteiger charge is -2.36. The number of anilines is 2. The summed E-state index contributed by atoms with van der Waals surface area (Å²) in [6.45, 7) is 14.0. The number of carbonyl (C=O) groups is 1. The minimum Gasteiger partial charge on any atom is -0.507 e. The van der Waals surface area contributed by atoms with Gasteiger partial charge in [0.2, 0.25) is 10.9 Å². The van der Waals surface area contributed by atoms with Crippen LogP contribution >= 0.6 is 0 Å². The van der Waals surface area contributed by atoms with Crippen LogP contribution < -0.4 is 36.3 Å². The molecule has 16 nitrogen and oxygen atoms in total. The van der Waals surface area contributed by atoms with Crippen molar-refractivity contribution in [1.82, 2.24) is 10.3 Å². The Balaban J connectivity index is 1.49. The highest BCUT2D eigenvalue weighted by Crippen LogP contribution is 2.42. The van der Waals surface area contributed by atoms with Gasteiger partial charge in [-0.05, 0) is 19.9 Å². The van der Waals surface area contributed by atoms with E-state index in [2.05, 4.69) is 10.6 Å². The van der Waals surface area contributed by atoms with Crippen molar-refractivity contribution < 1.29 is 49.0 Å². The van der Waals surface area contributed by atoms with E-state index in [0.717, 1.165) is 0 Å². The largest absolute Gasteiger partial charge is 0.507 e. The highest BCUT2D eigenvalue weighted by Gasteiger charge is 2.44. The molecule has 1 aromatic heterocycles. The van der Waals surface area contributed by atoms with Crippen molar-refractivity contribution in [3.63, 3.8) is 0 Å². The van der Waals surface area contributed by atoms with Gasteiger partial charge in [0.05, 0.1) is 41.3 Å². The Hall–Kier alpha value is -5.52. The fourth-order valence-electron chi connectivity index (χ4n) is 8.59. The first-order chi connectivity index (χ1) is 28.9. The number of phenols is 1. The summed E-state index contributed by atoms with van der Waals surface area (Å²) in [5, 5.41) is 63.2. The molecule has 0 radical (unpaired) electrons. The minimum atomic E-state index is -1.95. The van der Waals surface area contributed by atoms with E-state index in [1.807, 2.05) is 4.90 Å². The van der Waals surface area contributed by atoms with Crippen LogP contribution in [0.2, 0.25) is 0 Å². The molecule has 4 bridgehead atoms. The Bertz CT molecular complexity index is 2670. The number of amides is 1. The summed E-state index contributed by atoms with van der Waals surface area (Å²) in [6, 6.07) is 3.10. The van der Waals surface area contributed by atoms with Crippen molar-refractivity contribution in [3.05, 3.63) is 79.5 Å². The van der Waals surface area contributed by atoms with E-state index in [1.54, 1.807) is 45.9 Å². The van der Waals surface area contributed by atoms with Crippen molar-refractivity contribution in [2.75, 3.05) is 43.5 Å². The van der Waals surface area contributed by atoms with Gasteiger partial charge in [-0.3, -0.25) is 14.4 Å². The van der Waals surface area contributed by atoms with Crippen molar-refractivity contribution >= 4 is 56.0 Å². The zero-order valence-electron chi connectivity index (χ0n) is 35.5. The summed E-state index contributed by atoms with van der Waals surface area (Å²) in [5.74, 6) is -6.19. The summed E-state index contributed by atoms with van der Waals surface area (Å²) in [4.78, 5) is 49.2. The first-order valence-corrected chi connectivity index (χ1v) is 20.5. The molecule has 0 unspecified atom stereocenters. The maximum absolute atomic E-state index is 14.7. The topological polar surface area (TPSA) is 233 Å². The third-order valence-corrected chi connectivity index (χ3v) is 12.6. The minimum absolute atomic E-state index is 0.0364. The molecule has 4 heterocycles. The Morgan fingerprint density at radius 3 is 2.26 bits per heavy atom. The number of rotatable bonds is 2. The van der Waals surface area contributed by atoms with Crippen LogP contribution in [0.1, 0.15) is 47.1 Å². The normalized spacial score (nSPS) is 31.2. The van der Waals surface area contributed by atoms with Crippen LogP contribution in [0.15, 0.2) is 62.3 Å². The first kappa shape index (κ1) is 43.6. The van der Waals surface area contributed by atoms with Gasteiger partial charge < -0.3 is 59.7 Å². The van der Waals surface area contributed by atoms with Gasteiger partial charge in [-0.2, -0.15) is 0 Å². The quantitative estimate of drug-likeness (QED) is 0.113. The summed E-state index contributed by atoms with van der Waals surface area (Å²) < 4.78 is 24.4. The number of methoxy groups -OCH3 is 1. The van der Waals surface area contributed by atoms with Crippen LogP contribution in [0.25, 0.3) is 38.7 Å². The van der Waals surface area contributed by atoms with E-state index >= 15 is 0 Å². The highest BCUT2D eigenvalue weighted by atomic mass is 16.7. The number of allylic oxidation sites excluding steroid dienone is 2. The fourth-order valence-corrected chi connectivity index (χ4v) is 8.59. The molecule has 9 atom stereocenters. The fraction of sp³-hybridized carbons (Fsp3) is 0.467. The summed E-state index contributed by atoms with van der Waals surface area (Å²) in [7, 11) is 1.44. The number of nitrogens with zero attached hydrogens (tertiary/aromatic N) is 2. The van der Waals surface area contributed by atoms with Gasteiger partial charge in [-0.1, -0.05) is 45.9 Å². The third-order valence-electron chi connectivity index (χ3n) is 12.6. The molecule has 3 aliphatic heterocycles. The number of hydrogen-bond acceptors (Lipinski definition) is 15. The SMILES string of the molecule is CO[C@H]1/C=C/O[C@@]2(C)Oc3c(C)c(O)c4c(=O)c(c5oc6cc(N7CCNCC7)cc(=O)c6nc5c4c3=C2O)NC(=O)/C(C)=C\C=C\[C@H](C)[C@H](O)[C@@H](C)[C@@H](O)[C@@H](C)[C@H](O)[C@@H]1C. The zero-order chi connectivity index (χ0) is 44.2. The van der Waals surface area contributed by atoms with Crippen molar-refractivity contribution in [2.24, 2.45) is 23.7 Å². The average Bonchev–Trinajstić information content (AvgIpc) is 3.52. The molecule has 61 heavy (non-hydrogen) atoms. The molecule has 0 saturated carbocycles. The summed E-state index contributed by atoms with van der Waals surface area (Å²) in [5.41, 5.74) is -1.32. The van der Waals surface area contributed by atoms with Gasteiger partial charge >= 0.3 is 5.79 Å². The molecule has 326 valence electrons. The van der Waals surface area contributed by atoms with E-state index in [4.69, 9.17) is 23.6 Å². The van der Waals surface area contributed by atoms with Gasteiger partial charge in [-0.15, -0.1) is 0 Å². The number of hydrogen-bond donors (Lipinski definition) is 7. The molecular weight excluding hydrogens is 789 g/mol. The van der Waals surface area contributed by atoms with Crippen molar-refractivity contribution in [1.29, 1.82) is 0 Å². The molecule has 3 aliphatic rings. The second-order valence-electron chi connectivity index (χ2n) is 16.7. The molecule has 4 aromatic rings. The number of aliphatic hydroxyl groups is 4. The number of ether oxygens (including phenoxy) is 3. The van der Waals surface area contributed by atoms with Gasteiger partial charge in [0, 0.05) is 98.2 Å². The number of piperazine rings is 1. The van der Waals surface area contributed by atoms with Crippen LogP contribution in [-0.2, 0) is 14.3 Å². The lowest BCUT2D eigenvalue weighted by atomic mass is 9.78. The van der Waals surface area contributed by atoms with E-state index < -0.39 is 82.1 Å².